The minimum atomic E-state index is 0.0637. The number of fused-ring (bicyclic) bond motifs is 1. The Bertz CT molecular complexity index is 720. The van der Waals surface area contributed by atoms with Gasteiger partial charge in [-0.2, -0.15) is 0 Å². The van der Waals surface area contributed by atoms with Gasteiger partial charge in [-0.1, -0.05) is 6.07 Å². The van der Waals surface area contributed by atoms with Crippen molar-refractivity contribution < 1.29 is 19.0 Å². The summed E-state index contributed by atoms with van der Waals surface area (Å²) >= 11 is 0. The summed E-state index contributed by atoms with van der Waals surface area (Å²) in [5, 5.41) is 0. The van der Waals surface area contributed by atoms with Crippen LogP contribution in [0.25, 0.3) is 0 Å². The van der Waals surface area contributed by atoms with E-state index < -0.39 is 0 Å². The molecule has 2 aliphatic rings. The molecule has 1 saturated carbocycles. The predicted octanol–water partition coefficient (Wildman–Crippen LogP) is 3.41. The standard InChI is InChI=1S/C18H16O4/c1-20-13-5-2-11(3-6-13)18(19)15-9-14(15)12-4-7-16-17(8-12)22-10-21-16/h2-8,14-15H,9-10H2,1H3/t14-,15+/m0/s1. The van der Waals surface area contributed by atoms with E-state index in [0.29, 0.717) is 0 Å². The molecule has 0 bridgehead atoms. The third-order valence-electron chi connectivity index (χ3n) is 4.33. The topological polar surface area (TPSA) is 44.8 Å². The molecular formula is C18H16O4. The second kappa shape index (κ2) is 5.05. The SMILES string of the molecule is COc1ccc(C(=O)[C@@H]2C[C@H]2c2ccc3c(c2)OCO3)cc1. The van der Waals surface area contributed by atoms with Gasteiger partial charge < -0.3 is 14.2 Å². The Morgan fingerprint density at radius 1 is 1.09 bits per heavy atom. The first kappa shape index (κ1) is 13.2. The molecule has 2 aromatic rings. The molecule has 2 aromatic carbocycles. The van der Waals surface area contributed by atoms with Gasteiger partial charge >= 0.3 is 0 Å². The molecule has 1 fully saturated rings. The van der Waals surface area contributed by atoms with E-state index >= 15 is 0 Å². The molecular weight excluding hydrogens is 280 g/mol. The van der Waals surface area contributed by atoms with Gasteiger partial charge in [0.1, 0.15) is 5.75 Å². The van der Waals surface area contributed by atoms with Crippen LogP contribution >= 0.6 is 0 Å². The monoisotopic (exact) mass is 296 g/mol. The summed E-state index contributed by atoms with van der Waals surface area (Å²) in [5.74, 6) is 2.87. The Balaban J connectivity index is 1.50. The number of hydrogen-bond donors (Lipinski definition) is 0. The number of carbonyl (C=O) groups excluding carboxylic acids is 1. The number of benzene rings is 2. The summed E-state index contributed by atoms with van der Waals surface area (Å²) in [5.41, 5.74) is 1.89. The van der Waals surface area contributed by atoms with Crippen molar-refractivity contribution in [2.24, 2.45) is 5.92 Å². The summed E-state index contributed by atoms with van der Waals surface area (Å²) in [6, 6.07) is 13.3. The smallest absolute Gasteiger partial charge is 0.231 e. The number of methoxy groups -OCH3 is 1. The van der Waals surface area contributed by atoms with Gasteiger partial charge in [0.15, 0.2) is 17.3 Å². The van der Waals surface area contributed by atoms with Crippen molar-refractivity contribution in [3.63, 3.8) is 0 Å². The zero-order valence-electron chi connectivity index (χ0n) is 12.2. The van der Waals surface area contributed by atoms with Gasteiger partial charge in [0.2, 0.25) is 6.79 Å². The van der Waals surface area contributed by atoms with Gasteiger partial charge in [-0.3, -0.25) is 4.79 Å². The average molecular weight is 296 g/mol. The number of Topliss-reactive ketones (excluding diaryl/α,β-unsaturated/α-hetero) is 1. The lowest BCUT2D eigenvalue weighted by molar-refractivity contribution is 0.0965. The fraction of sp³-hybridized carbons (Fsp3) is 0.278. The van der Waals surface area contributed by atoms with Crippen LogP contribution in [0.15, 0.2) is 42.5 Å². The molecule has 0 N–H and O–H groups in total. The van der Waals surface area contributed by atoms with Crippen LogP contribution in [0.4, 0.5) is 0 Å². The van der Waals surface area contributed by atoms with Crippen molar-refractivity contribution >= 4 is 5.78 Å². The Hall–Kier alpha value is -2.49. The summed E-state index contributed by atoms with van der Waals surface area (Å²) < 4.78 is 15.8. The van der Waals surface area contributed by atoms with Gasteiger partial charge in [0.05, 0.1) is 7.11 Å². The molecule has 0 unspecified atom stereocenters. The van der Waals surface area contributed by atoms with Crippen molar-refractivity contribution in [2.45, 2.75) is 12.3 Å². The molecule has 1 aliphatic carbocycles. The van der Waals surface area contributed by atoms with Gasteiger partial charge in [0, 0.05) is 11.5 Å². The minimum Gasteiger partial charge on any atom is -0.497 e. The lowest BCUT2D eigenvalue weighted by atomic mass is 10.0. The maximum atomic E-state index is 12.5. The molecule has 4 nitrogen and oxygen atoms in total. The normalized spacial score (nSPS) is 21.5. The third-order valence-corrected chi connectivity index (χ3v) is 4.33. The number of rotatable bonds is 4. The minimum absolute atomic E-state index is 0.0637. The molecule has 0 spiro atoms. The average Bonchev–Trinajstić information content (AvgIpc) is 3.23. The molecule has 4 rings (SSSR count). The molecule has 22 heavy (non-hydrogen) atoms. The van der Waals surface area contributed by atoms with Gasteiger partial charge in [-0.05, 0) is 54.3 Å². The first-order chi connectivity index (χ1) is 10.8. The van der Waals surface area contributed by atoms with Crippen LogP contribution in [0.2, 0.25) is 0 Å². The Kier molecular flexibility index (Phi) is 3.03. The number of carbonyl (C=O) groups is 1. The summed E-state index contributed by atoms with van der Waals surface area (Å²) in [6.45, 7) is 0.275. The maximum absolute atomic E-state index is 12.5. The van der Waals surface area contributed by atoms with E-state index in [-0.39, 0.29) is 24.4 Å². The van der Waals surface area contributed by atoms with E-state index in [1.54, 1.807) is 7.11 Å². The van der Waals surface area contributed by atoms with Crippen LogP contribution < -0.4 is 14.2 Å². The van der Waals surface area contributed by atoms with Gasteiger partial charge in [-0.25, -0.2) is 0 Å². The quantitative estimate of drug-likeness (QED) is 0.811. The summed E-state index contributed by atoms with van der Waals surface area (Å²) in [6.07, 6.45) is 0.893. The molecule has 0 saturated heterocycles. The van der Waals surface area contributed by atoms with Crippen LogP contribution in [-0.2, 0) is 0 Å². The zero-order valence-corrected chi connectivity index (χ0v) is 12.2. The van der Waals surface area contributed by atoms with Crippen molar-refractivity contribution in [1.29, 1.82) is 0 Å². The highest BCUT2D eigenvalue weighted by Crippen LogP contribution is 2.51. The highest BCUT2D eigenvalue weighted by Gasteiger charge is 2.44. The highest BCUT2D eigenvalue weighted by molar-refractivity contribution is 6.00. The number of ketones is 1. The van der Waals surface area contributed by atoms with E-state index in [1.807, 2.05) is 42.5 Å². The Morgan fingerprint density at radius 2 is 1.86 bits per heavy atom. The summed E-state index contributed by atoms with van der Waals surface area (Å²) in [7, 11) is 1.62. The van der Waals surface area contributed by atoms with Crippen molar-refractivity contribution in [2.75, 3.05) is 13.9 Å². The van der Waals surface area contributed by atoms with Crippen molar-refractivity contribution in [3.05, 3.63) is 53.6 Å². The van der Waals surface area contributed by atoms with Crippen LogP contribution in [0.3, 0.4) is 0 Å². The fourth-order valence-corrected chi connectivity index (χ4v) is 2.97. The fourth-order valence-electron chi connectivity index (χ4n) is 2.97. The van der Waals surface area contributed by atoms with E-state index in [0.717, 1.165) is 34.8 Å². The molecule has 0 radical (unpaired) electrons. The maximum Gasteiger partial charge on any atom is 0.231 e. The largest absolute Gasteiger partial charge is 0.497 e. The first-order valence-corrected chi connectivity index (χ1v) is 7.34. The Morgan fingerprint density at radius 3 is 2.64 bits per heavy atom. The third kappa shape index (κ3) is 2.21. The van der Waals surface area contributed by atoms with Crippen LogP contribution in [0.5, 0.6) is 17.2 Å². The van der Waals surface area contributed by atoms with E-state index in [1.165, 1.54) is 0 Å². The predicted molar refractivity (Wildman–Crippen MR) is 80.7 cm³/mol. The Labute approximate surface area is 128 Å². The molecule has 0 aromatic heterocycles. The van der Waals surface area contributed by atoms with Crippen LogP contribution in [-0.4, -0.2) is 19.7 Å². The van der Waals surface area contributed by atoms with E-state index in [4.69, 9.17) is 14.2 Å². The second-order valence-electron chi connectivity index (χ2n) is 5.65. The van der Waals surface area contributed by atoms with Gasteiger partial charge in [-0.15, -0.1) is 0 Å². The van der Waals surface area contributed by atoms with E-state index in [9.17, 15) is 4.79 Å². The van der Waals surface area contributed by atoms with Crippen LogP contribution in [0, 0.1) is 5.92 Å². The molecule has 0 amide bonds. The lowest BCUT2D eigenvalue weighted by Crippen LogP contribution is -2.03. The number of ether oxygens (including phenoxy) is 3. The zero-order chi connectivity index (χ0) is 15.1. The molecule has 1 aliphatic heterocycles. The lowest BCUT2D eigenvalue weighted by Gasteiger charge is -2.04. The second-order valence-corrected chi connectivity index (χ2v) is 5.65. The van der Waals surface area contributed by atoms with Crippen molar-refractivity contribution in [3.8, 4) is 17.2 Å². The molecule has 112 valence electrons. The molecule has 1 heterocycles. The first-order valence-electron chi connectivity index (χ1n) is 7.34. The highest BCUT2D eigenvalue weighted by atomic mass is 16.7. The molecule has 4 heteroatoms. The van der Waals surface area contributed by atoms with Gasteiger partial charge in [0.25, 0.3) is 0 Å². The van der Waals surface area contributed by atoms with E-state index in [2.05, 4.69) is 0 Å². The van der Waals surface area contributed by atoms with Crippen molar-refractivity contribution in [1.82, 2.24) is 0 Å². The van der Waals surface area contributed by atoms with Crippen LogP contribution in [0.1, 0.15) is 28.3 Å². The molecule has 2 atom stereocenters. The number of hydrogen-bond acceptors (Lipinski definition) is 4. The summed E-state index contributed by atoms with van der Waals surface area (Å²) in [4.78, 5) is 12.5.